The van der Waals surface area contributed by atoms with Gasteiger partial charge in [0.2, 0.25) is 0 Å². The highest BCUT2D eigenvalue weighted by Gasteiger charge is 2.17. The molecule has 0 radical (unpaired) electrons. The van der Waals surface area contributed by atoms with Crippen LogP contribution < -0.4 is 0 Å². The van der Waals surface area contributed by atoms with Crippen molar-refractivity contribution >= 4 is 70.7 Å². The lowest BCUT2D eigenvalue weighted by Crippen LogP contribution is -1.91. The van der Waals surface area contributed by atoms with Gasteiger partial charge in [-0.3, -0.25) is 0 Å². The highest BCUT2D eigenvalue weighted by molar-refractivity contribution is 9.11. The Hall–Kier alpha value is 0.650. The summed E-state index contributed by atoms with van der Waals surface area (Å²) >= 11 is 18.5. The first-order valence-corrected chi connectivity index (χ1v) is 8.53. The molecular formula is C12H8Br3ClS. The van der Waals surface area contributed by atoms with Crippen molar-refractivity contribution in [1.82, 2.24) is 0 Å². The molecule has 0 aliphatic heterocycles. The molecule has 2 rings (SSSR count). The summed E-state index contributed by atoms with van der Waals surface area (Å²) in [5.41, 5.74) is 2.33. The molecule has 1 aromatic heterocycles. The minimum absolute atomic E-state index is 0.168. The predicted molar refractivity (Wildman–Crippen MR) is 86.7 cm³/mol. The summed E-state index contributed by atoms with van der Waals surface area (Å²) in [6, 6.07) is 8.31. The Kier molecular flexibility index (Phi) is 4.75. The molecule has 0 amide bonds. The minimum Gasteiger partial charge on any atom is -0.127 e. The molecule has 0 spiro atoms. The van der Waals surface area contributed by atoms with E-state index in [0.29, 0.717) is 0 Å². The lowest BCUT2D eigenvalue weighted by molar-refractivity contribution is 1.20. The largest absolute Gasteiger partial charge is 0.127 e. The van der Waals surface area contributed by atoms with Crippen molar-refractivity contribution in [2.45, 2.75) is 11.8 Å². The second-order valence-electron chi connectivity index (χ2n) is 3.63. The SMILES string of the molecule is Cc1cc(C(Br)c2ccc(Br)cc2Br)sc1Cl. The molecule has 0 saturated heterocycles. The van der Waals surface area contributed by atoms with Gasteiger partial charge < -0.3 is 0 Å². The number of benzene rings is 1. The molecule has 2 aromatic rings. The van der Waals surface area contributed by atoms with Crippen LogP contribution in [-0.4, -0.2) is 0 Å². The second-order valence-corrected chi connectivity index (χ2v) is 8.01. The van der Waals surface area contributed by atoms with Crippen molar-refractivity contribution in [3.8, 4) is 0 Å². The van der Waals surface area contributed by atoms with E-state index >= 15 is 0 Å². The van der Waals surface area contributed by atoms with Gasteiger partial charge in [0.15, 0.2) is 0 Å². The van der Waals surface area contributed by atoms with Crippen LogP contribution in [0.1, 0.15) is 20.8 Å². The van der Waals surface area contributed by atoms with E-state index in [1.165, 1.54) is 10.4 Å². The fourth-order valence-electron chi connectivity index (χ4n) is 1.47. The third kappa shape index (κ3) is 3.16. The number of halogens is 4. The Morgan fingerprint density at radius 2 is 1.94 bits per heavy atom. The molecule has 0 aliphatic rings. The Labute approximate surface area is 135 Å². The van der Waals surface area contributed by atoms with Crippen molar-refractivity contribution < 1.29 is 0 Å². The van der Waals surface area contributed by atoms with Gasteiger partial charge in [0.25, 0.3) is 0 Å². The number of thiophene rings is 1. The van der Waals surface area contributed by atoms with Crippen molar-refractivity contribution in [3.05, 3.63) is 53.6 Å². The molecule has 0 aliphatic carbocycles. The lowest BCUT2D eigenvalue weighted by Gasteiger charge is -2.10. The van der Waals surface area contributed by atoms with Gasteiger partial charge in [0, 0.05) is 13.8 Å². The van der Waals surface area contributed by atoms with Crippen LogP contribution in [-0.2, 0) is 0 Å². The maximum Gasteiger partial charge on any atom is 0.0960 e. The number of hydrogen-bond acceptors (Lipinski definition) is 1. The molecule has 1 unspecified atom stereocenters. The maximum atomic E-state index is 6.10. The van der Waals surface area contributed by atoms with Gasteiger partial charge in [0.05, 0.1) is 9.16 Å². The summed E-state index contributed by atoms with van der Waals surface area (Å²) in [7, 11) is 0. The van der Waals surface area contributed by atoms with E-state index in [-0.39, 0.29) is 4.83 Å². The number of aryl methyl sites for hydroxylation is 1. The molecule has 90 valence electrons. The van der Waals surface area contributed by atoms with Crippen molar-refractivity contribution in [2.75, 3.05) is 0 Å². The molecule has 0 fully saturated rings. The Balaban J connectivity index is 2.39. The predicted octanol–water partition coefficient (Wildman–Crippen LogP) is 6.72. The highest BCUT2D eigenvalue weighted by Crippen LogP contribution is 2.41. The first-order chi connectivity index (χ1) is 7.99. The number of rotatable bonds is 2. The van der Waals surface area contributed by atoms with Gasteiger partial charge in [-0.2, -0.15) is 0 Å². The normalized spacial score (nSPS) is 12.8. The standard InChI is InChI=1S/C12H8Br3ClS/c1-6-4-10(17-12(6)16)11(15)8-3-2-7(13)5-9(8)14/h2-5,11H,1H3. The van der Waals surface area contributed by atoms with Gasteiger partial charge in [0.1, 0.15) is 0 Å². The zero-order chi connectivity index (χ0) is 12.6. The zero-order valence-electron chi connectivity index (χ0n) is 8.81. The smallest absolute Gasteiger partial charge is 0.0960 e. The third-order valence-corrected chi connectivity index (χ3v) is 6.45. The summed E-state index contributed by atoms with van der Waals surface area (Å²) in [5, 5.41) is 0. The van der Waals surface area contributed by atoms with Crippen LogP contribution in [0, 0.1) is 6.92 Å². The summed E-state index contributed by atoms with van der Waals surface area (Å²) in [6.45, 7) is 2.03. The van der Waals surface area contributed by atoms with Crippen molar-refractivity contribution in [3.63, 3.8) is 0 Å². The van der Waals surface area contributed by atoms with Gasteiger partial charge in [-0.25, -0.2) is 0 Å². The van der Waals surface area contributed by atoms with Crippen LogP contribution >= 0.6 is 70.7 Å². The van der Waals surface area contributed by atoms with Crippen LogP contribution in [0.4, 0.5) is 0 Å². The minimum atomic E-state index is 0.168. The first kappa shape index (κ1) is 14.1. The van der Waals surface area contributed by atoms with E-state index in [0.717, 1.165) is 18.8 Å². The molecular weight excluding hydrogens is 451 g/mol. The van der Waals surface area contributed by atoms with Gasteiger partial charge in [-0.15, -0.1) is 11.3 Å². The van der Waals surface area contributed by atoms with Crippen molar-refractivity contribution in [2.24, 2.45) is 0 Å². The molecule has 0 N–H and O–H groups in total. The average Bonchev–Trinajstić information content (AvgIpc) is 2.58. The quantitative estimate of drug-likeness (QED) is 0.438. The summed E-state index contributed by atoms with van der Waals surface area (Å²) in [4.78, 5) is 1.39. The van der Waals surface area contributed by atoms with Gasteiger partial charge in [-0.1, -0.05) is 65.5 Å². The van der Waals surface area contributed by atoms with Crippen molar-refractivity contribution in [1.29, 1.82) is 0 Å². The number of hydrogen-bond donors (Lipinski definition) is 0. The van der Waals surface area contributed by atoms with E-state index in [1.807, 2.05) is 19.1 Å². The van der Waals surface area contributed by atoms with Crippen LogP contribution in [0.15, 0.2) is 33.2 Å². The van der Waals surface area contributed by atoms with Gasteiger partial charge in [-0.05, 0) is 36.2 Å². The van der Waals surface area contributed by atoms with E-state index in [9.17, 15) is 0 Å². The summed E-state index contributed by atoms with van der Waals surface area (Å²) in [6.07, 6.45) is 0. The second kappa shape index (κ2) is 5.74. The summed E-state index contributed by atoms with van der Waals surface area (Å²) in [5.74, 6) is 0. The summed E-state index contributed by atoms with van der Waals surface area (Å²) < 4.78 is 3.00. The lowest BCUT2D eigenvalue weighted by atomic mass is 10.1. The highest BCUT2D eigenvalue weighted by atomic mass is 79.9. The molecule has 1 aromatic carbocycles. The molecule has 0 bridgehead atoms. The van der Waals surface area contributed by atoms with Gasteiger partial charge >= 0.3 is 0 Å². The fraction of sp³-hybridized carbons (Fsp3) is 0.167. The van der Waals surface area contributed by atoms with Crippen LogP contribution in [0.5, 0.6) is 0 Å². The monoisotopic (exact) mass is 456 g/mol. The van der Waals surface area contributed by atoms with E-state index in [4.69, 9.17) is 11.6 Å². The first-order valence-electron chi connectivity index (χ1n) is 4.84. The van der Waals surface area contributed by atoms with Crippen LogP contribution in [0.2, 0.25) is 4.34 Å². The molecule has 0 nitrogen and oxygen atoms in total. The zero-order valence-corrected chi connectivity index (χ0v) is 15.1. The van der Waals surface area contributed by atoms with E-state index in [2.05, 4.69) is 59.9 Å². The molecule has 17 heavy (non-hydrogen) atoms. The Morgan fingerprint density at radius 3 is 2.47 bits per heavy atom. The Morgan fingerprint density at radius 1 is 1.24 bits per heavy atom. The molecule has 1 atom stereocenters. The van der Waals surface area contributed by atoms with Crippen LogP contribution in [0.3, 0.4) is 0 Å². The number of alkyl halides is 1. The topological polar surface area (TPSA) is 0 Å². The molecule has 1 heterocycles. The van der Waals surface area contributed by atoms with E-state index < -0.39 is 0 Å². The third-order valence-electron chi connectivity index (χ3n) is 2.36. The average molecular weight is 459 g/mol. The molecule has 0 saturated carbocycles. The van der Waals surface area contributed by atoms with Crippen LogP contribution in [0.25, 0.3) is 0 Å². The van der Waals surface area contributed by atoms with E-state index in [1.54, 1.807) is 11.3 Å². The Bertz CT molecular complexity index is 531. The molecule has 5 heteroatoms. The fourth-order valence-corrected chi connectivity index (χ4v) is 5.08. The maximum absolute atomic E-state index is 6.10.